The lowest BCUT2D eigenvalue weighted by atomic mass is 10.1. The van der Waals surface area contributed by atoms with Crippen LogP contribution < -0.4 is 10.0 Å². The standard InChI is InChI=1S/C22H21FN2O3S/c23-19-13-7-8-14-21(19)29(27,28)25-20(15-17-9-3-1-4-10-17)22(26)24-16-18-11-5-2-6-12-18/h1-14,20,25H,15-16H2,(H,24,26). The fraction of sp³-hybridized carbons (Fsp3) is 0.136. The van der Waals surface area contributed by atoms with Crippen LogP contribution in [0, 0.1) is 5.82 Å². The predicted octanol–water partition coefficient (Wildman–Crippen LogP) is 3.03. The summed E-state index contributed by atoms with van der Waals surface area (Å²) < 4.78 is 41.8. The van der Waals surface area contributed by atoms with E-state index in [2.05, 4.69) is 10.0 Å². The molecular formula is C22H21FN2O3S. The molecule has 0 aliphatic heterocycles. The van der Waals surface area contributed by atoms with Gasteiger partial charge in [0.25, 0.3) is 0 Å². The van der Waals surface area contributed by atoms with Crippen LogP contribution in [0.3, 0.4) is 0 Å². The van der Waals surface area contributed by atoms with E-state index in [0.717, 1.165) is 17.2 Å². The minimum Gasteiger partial charge on any atom is -0.351 e. The van der Waals surface area contributed by atoms with Gasteiger partial charge < -0.3 is 5.32 Å². The molecule has 1 unspecified atom stereocenters. The number of carbonyl (C=O) groups excluding carboxylic acids is 1. The Morgan fingerprint density at radius 3 is 2.00 bits per heavy atom. The summed E-state index contributed by atoms with van der Waals surface area (Å²) in [6.45, 7) is 0.256. The Hall–Kier alpha value is -3.03. The first kappa shape index (κ1) is 20.7. The molecular weight excluding hydrogens is 391 g/mol. The molecule has 2 N–H and O–H groups in total. The number of nitrogens with one attached hydrogen (secondary N) is 2. The highest BCUT2D eigenvalue weighted by molar-refractivity contribution is 7.89. The van der Waals surface area contributed by atoms with Crippen molar-refractivity contribution < 1.29 is 17.6 Å². The molecule has 3 aromatic rings. The molecule has 150 valence electrons. The third kappa shape index (κ3) is 5.73. The average Bonchev–Trinajstić information content (AvgIpc) is 2.73. The summed E-state index contributed by atoms with van der Waals surface area (Å²) in [4.78, 5) is 12.3. The first-order valence-electron chi connectivity index (χ1n) is 9.08. The molecule has 0 aliphatic carbocycles. The molecule has 0 fully saturated rings. The van der Waals surface area contributed by atoms with E-state index < -0.39 is 32.7 Å². The molecule has 1 amide bonds. The van der Waals surface area contributed by atoms with E-state index in [1.54, 1.807) is 24.3 Å². The van der Waals surface area contributed by atoms with Gasteiger partial charge in [-0.05, 0) is 29.7 Å². The van der Waals surface area contributed by atoms with Crippen LogP contribution in [0.15, 0.2) is 89.8 Å². The van der Waals surface area contributed by atoms with E-state index in [1.807, 2.05) is 36.4 Å². The Kier molecular flexibility index (Phi) is 6.74. The summed E-state index contributed by atoms with van der Waals surface area (Å²) in [5.74, 6) is -1.36. The Morgan fingerprint density at radius 1 is 0.828 bits per heavy atom. The molecule has 0 radical (unpaired) electrons. The zero-order valence-corrected chi connectivity index (χ0v) is 16.4. The van der Waals surface area contributed by atoms with E-state index in [-0.39, 0.29) is 13.0 Å². The Balaban J connectivity index is 1.80. The van der Waals surface area contributed by atoms with Crippen molar-refractivity contribution in [2.75, 3.05) is 0 Å². The van der Waals surface area contributed by atoms with Gasteiger partial charge in [-0.2, -0.15) is 4.72 Å². The van der Waals surface area contributed by atoms with Gasteiger partial charge in [-0.15, -0.1) is 0 Å². The molecule has 7 heteroatoms. The largest absolute Gasteiger partial charge is 0.351 e. The second-order valence-electron chi connectivity index (χ2n) is 6.50. The van der Waals surface area contributed by atoms with Crippen LogP contribution in [0.2, 0.25) is 0 Å². The van der Waals surface area contributed by atoms with Crippen molar-refractivity contribution in [2.24, 2.45) is 0 Å². The quantitative estimate of drug-likeness (QED) is 0.597. The van der Waals surface area contributed by atoms with E-state index in [4.69, 9.17) is 0 Å². The summed E-state index contributed by atoms with van der Waals surface area (Å²) in [6.07, 6.45) is 0.134. The number of hydrogen-bond acceptors (Lipinski definition) is 3. The van der Waals surface area contributed by atoms with E-state index in [0.29, 0.717) is 0 Å². The topological polar surface area (TPSA) is 75.3 Å². The number of hydrogen-bond donors (Lipinski definition) is 2. The number of rotatable bonds is 8. The molecule has 0 aliphatic rings. The molecule has 0 heterocycles. The van der Waals surface area contributed by atoms with Crippen LogP contribution in [-0.2, 0) is 27.8 Å². The Morgan fingerprint density at radius 2 is 1.38 bits per heavy atom. The Bertz CT molecular complexity index is 1060. The lowest BCUT2D eigenvalue weighted by Gasteiger charge is -2.19. The highest BCUT2D eigenvalue weighted by atomic mass is 32.2. The number of benzene rings is 3. The van der Waals surface area contributed by atoms with Crippen molar-refractivity contribution >= 4 is 15.9 Å². The molecule has 0 bridgehead atoms. The van der Waals surface area contributed by atoms with E-state index >= 15 is 0 Å². The Labute approximate surface area is 169 Å². The monoisotopic (exact) mass is 412 g/mol. The SMILES string of the molecule is O=C(NCc1ccccc1)C(Cc1ccccc1)NS(=O)(=O)c1ccccc1F. The maximum atomic E-state index is 14.0. The first-order chi connectivity index (χ1) is 14.0. The van der Waals surface area contributed by atoms with Crippen molar-refractivity contribution in [2.45, 2.75) is 23.9 Å². The zero-order chi connectivity index (χ0) is 20.7. The fourth-order valence-corrected chi connectivity index (χ4v) is 4.13. The van der Waals surface area contributed by atoms with Crippen molar-refractivity contribution in [1.29, 1.82) is 0 Å². The van der Waals surface area contributed by atoms with Gasteiger partial charge in [-0.3, -0.25) is 4.79 Å². The van der Waals surface area contributed by atoms with E-state index in [9.17, 15) is 17.6 Å². The second-order valence-corrected chi connectivity index (χ2v) is 8.18. The number of halogens is 1. The maximum absolute atomic E-state index is 14.0. The number of carbonyl (C=O) groups is 1. The van der Waals surface area contributed by atoms with Gasteiger partial charge in [0.15, 0.2) is 0 Å². The highest BCUT2D eigenvalue weighted by Gasteiger charge is 2.27. The highest BCUT2D eigenvalue weighted by Crippen LogP contribution is 2.15. The zero-order valence-electron chi connectivity index (χ0n) is 15.6. The van der Waals surface area contributed by atoms with Gasteiger partial charge in [0.2, 0.25) is 15.9 Å². The van der Waals surface area contributed by atoms with Crippen LogP contribution >= 0.6 is 0 Å². The lowest BCUT2D eigenvalue weighted by molar-refractivity contribution is -0.122. The molecule has 3 rings (SSSR count). The van der Waals surface area contributed by atoms with Crippen LogP contribution in [0.4, 0.5) is 4.39 Å². The van der Waals surface area contributed by atoms with Crippen LogP contribution in [0.5, 0.6) is 0 Å². The first-order valence-corrected chi connectivity index (χ1v) is 10.6. The predicted molar refractivity (Wildman–Crippen MR) is 109 cm³/mol. The molecule has 3 aromatic carbocycles. The van der Waals surface area contributed by atoms with Gasteiger partial charge in [-0.1, -0.05) is 72.8 Å². The summed E-state index contributed by atoms with van der Waals surface area (Å²) >= 11 is 0. The van der Waals surface area contributed by atoms with Crippen LogP contribution in [-0.4, -0.2) is 20.4 Å². The molecule has 29 heavy (non-hydrogen) atoms. The minimum atomic E-state index is -4.22. The van der Waals surface area contributed by atoms with Crippen LogP contribution in [0.1, 0.15) is 11.1 Å². The van der Waals surface area contributed by atoms with Crippen LogP contribution in [0.25, 0.3) is 0 Å². The molecule has 1 atom stereocenters. The van der Waals surface area contributed by atoms with Crippen molar-refractivity contribution in [3.8, 4) is 0 Å². The fourth-order valence-electron chi connectivity index (χ4n) is 2.86. The molecule has 5 nitrogen and oxygen atoms in total. The second kappa shape index (κ2) is 9.45. The minimum absolute atomic E-state index is 0.134. The number of amides is 1. The summed E-state index contributed by atoms with van der Waals surface area (Å²) in [6, 6.07) is 22.3. The van der Waals surface area contributed by atoms with Crippen molar-refractivity contribution in [1.82, 2.24) is 10.0 Å². The molecule has 0 saturated heterocycles. The molecule has 0 spiro atoms. The van der Waals surface area contributed by atoms with Gasteiger partial charge in [0.05, 0.1) is 0 Å². The number of sulfonamides is 1. The maximum Gasteiger partial charge on any atom is 0.244 e. The van der Waals surface area contributed by atoms with Crippen molar-refractivity contribution in [3.63, 3.8) is 0 Å². The molecule has 0 aromatic heterocycles. The van der Waals surface area contributed by atoms with Gasteiger partial charge in [-0.25, -0.2) is 12.8 Å². The normalized spacial score (nSPS) is 12.3. The van der Waals surface area contributed by atoms with Gasteiger partial charge >= 0.3 is 0 Å². The van der Waals surface area contributed by atoms with Gasteiger partial charge in [0.1, 0.15) is 16.8 Å². The third-order valence-corrected chi connectivity index (χ3v) is 5.84. The summed E-state index contributed by atoms with van der Waals surface area (Å²) in [5, 5.41) is 2.75. The van der Waals surface area contributed by atoms with Crippen molar-refractivity contribution in [3.05, 3.63) is 102 Å². The average molecular weight is 412 g/mol. The summed E-state index contributed by atoms with van der Waals surface area (Å²) in [7, 11) is -4.22. The van der Waals surface area contributed by atoms with E-state index in [1.165, 1.54) is 18.2 Å². The summed E-state index contributed by atoms with van der Waals surface area (Å²) in [5.41, 5.74) is 1.67. The third-order valence-electron chi connectivity index (χ3n) is 4.33. The molecule has 0 saturated carbocycles. The smallest absolute Gasteiger partial charge is 0.244 e. The van der Waals surface area contributed by atoms with Gasteiger partial charge in [0, 0.05) is 6.54 Å². The lowest BCUT2D eigenvalue weighted by Crippen LogP contribution is -2.47.